The zero-order valence-electron chi connectivity index (χ0n) is 10.8. The molecule has 98 valence electrons. The Morgan fingerprint density at radius 3 is 2.68 bits per heavy atom. The van der Waals surface area contributed by atoms with E-state index in [9.17, 15) is 4.79 Å². The van der Waals surface area contributed by atoms with Gasteiger partial charge in [-0.1, -0.05) is 25.0 Å². The van der Waals surface area contributed by atoms with Crippen LogP contribution in [0.1, 0.15) is 24.5 Å². The minimum absolute atomic E-state index is 0.0206. The second-order valence-corrected chi connectivity index (χ2v) is 5.02. The molecule has 0 aliphatic carbocycles. The van der Waals surface area contributed by atoms with Gasteiger partial charge in [0.05, 0.1) is 11.6 Å². The number of ether oxygens (including phenoxy) is 1. The standard InChI is InChI=1S/C15H15NO2S/c1-3-9-18-15(17)14(4-2)19-11-13-7-5-12(10-16)6-8-13/h1,5-8,14H,4,9,11H2,2H3. The molecule has 0 radical (unpaired) electrons. The second-order valence-electron chi connectivity index (χ2n) is 3.83. The average Bonchev–Trinajstić information content (AvgIpc) is 2.46. The fourth-order valence-corrected chi connectivity index (χ4v) is 2.46. The summed E-state index contributed by atoms with van der Waals surface area (Å²) < 4.78 is 4.93. The molecule has 0 aliphatic rings. The van der Waals surface area contributed by atoms with E-state index in [1.807, 2.05) is 19.1 Å². The largest absolute Gasteiger partial charge is 0.452 e. The molecule has 1 aromatic rings. The number of nitriles is 1. The van der Waals surface area contributed by atoms with E-state index in [4.69, 9.17) is 16.4 Å². The number of nitrogens with zero attached hydrogens (tertiary/aromatic N) is 1. The molecule has 0 amide bonds. The lowest BCUT2D eigenvalue weighted by atomic mass is 10.2. The number of hydrogen-bond acceptors (Lipinski definition) is 4. The lowest BCUT2D eigenvalue weighted by Crippen LogP contribution is -2.19. The Bertz CT molecular complexity index is 496. The third-order valence-corrected chi connectivity index (χ3v) is 3.89. The molecule has 0 fully saturated rings. The van der Waals surface area contributed by atoms with Gasteiger partial charge < -0.3 is 4.74 Å². The van der Waals surface area contributed by atoms with Gasteiger partial charge in [-0.15, -0.1) is 18.2 Å². The van der Waals surface area contributed by atoms with Crippen molar-refractivity contribution >= 4 is 17.7 Å². The van der Waals surface area contributed by atoms with Crippen LogP contribution in [0.3, 0.4) is 0 Å². The van der Waals surface area contributed by atoms with Gasteiger partial charge in [-0.2, -0.15) is 5.26 Å². The Labute approximate surface area is 118 Å². The highest BCUT2D eigenvalue weighted by Gasteiger charge is 2.18. The Morgan fingerprint density at radius 2 is 2.16 bits per heavy atom. The maximum absolute atomic E-state index is 11.7. The van der Waals surface area contributed by atoms with Gasteiger partial charge in [0.1, 0.15) is 5.25 Å². The molecule has 1 aromatic carbocycles. The van der Waals surface area contributed by atoms with E-state index >= 15 is 0 Å². The molecule has 0 aromatic heterocycles. The van der Waals surface area contributed by atoms with Crippen molar-refractivity contribution in [1.29, 1.82) is 5.26 Å². The second kappa shape index (κ2) is 8.24. The summed E-state index contributed by atoms with van der Waals surface area (Å²) in [5.41, 5.74) is 1.71. The summed E-state index contributed by atoms with van der Waals surface area (Å²) in [6.07, 6.45) is 5.75. The highest BCUT2D eigenvalue weighted by atomic mass is 32.2. The van der Waals surface area contributed by atoms with Gasteiger partial charge in [0.15, 0.2) is 6.61 Å². The molecule has 0 heterocycles. The van der Waals surface area contributed by atoms with Gasteiger partial charge in [0, 0.05) is 5.75 Å². The van der Waals surface area contributed by atoms with E-state index in [-0.39, 0.29) is 17.8 Å². The van der Waals surface area contributed by atoms with E-state index in [1.165, 1.54) is 11.8 Å². The van der Waals surface area contributed by atoms with Crippen LogP contribution in [0.25, 0.3) is 0 Å². The molecule has 4 heteroatoms. The maximum Gasteiger partial charge on any atom is 0.320 e. The Kier molecular flexibility index (Phi) is 6.57. The van der Waals surface area contributed by atoms with Crippen LogP contribution >= 0.6 is 11.8 Å². The van der Waals surface area contributed by atoms with Crippen LogP contribution in [0.5, 0.6) is 0 Å². The maximum atomic E-state index is 11.7. The third-order valence-electron chi connectivity index (χ3n) is 2.47. The first-order chi connectivity index (χ1) is 9.21. The molecule has 0 saturated carbocycles. The minimum atomic E-state index is -0.265. The Balaban J connectivity index is 2.51. The summed E-state index contributed by atoms with van der Waals surface area (Å²) in [5.74, 6) is 2.72. The van der Waals surface area contributed by atoms with E-state index in [2.05, 4.69) is 12.0 Å². The number of thioether (sulfide) groups is 1. The lowest BCUT2D eigenvalue weighted by molar-refractivity contribution is -0.141. The molecule has 0 bridgehead atoms. The lowest BCUT2D eigenvalue weighted by Gasteiger charge is -2.12. The number of rotatable bonds is 6. The summed E-state index contributed by atoms with van der Waals surface area (Å²) >= 11 is 1.52. The molecule has 1 unspecified atom stereocenters. The van der Waals surface area contributed by atoms with Crippen molar-refractivity contribution in [3.8, 4) is 18.4 Å². The van der Waals surface area contributed by atoms with Crippen molar-refractivity contribution < 1.29 is 9.53 Å². The number of benzene rings is 1. The van der Waals surface area contributed by atoms with E-state index in [0.29, 0.717) is 17.7 Å². The zero-order valence-corrected chi connectivity index (χ0v) is 11.6. The summed E-state index contributed by atoms with van der Waals surface area (Å²) in [7, 11) is 0. The highest BCUT2D eigenvalue weighted by Crippen LogP contribution is 2.21. The highest BCUT2D eigenvalue weighted by molar-refractivity contribution is 7.99. The van der Waals surface area contributed by atoms with Crippen molar-refractivity contribution in [3.05, 3.63) is 35.4 Å². The van der Waals surface area contributed by atoms with Gasteiger partial charge in [-0.3, -0.25) is 4.79 Å². The van der Waals surface area contributed by atoms with E-state index in [0.717, 1.165) is 5.56 Å². The molecule has 3 nitrogen and oxygen atoms in total. The van der Waals surface area contributed by atoms with Crippen LogP contribution in [0.15, 0.2) is 24.3 Å². The Hall–Kier alpha value is -1.91. The van der Waals surface area contributed by atoms with Crippen molar-refractivity contribution in [1.82, 2.24) is 0 Å². The first-order valence-corrected chi connectivity index (χ1v) is 6.96. The summed E-state index contributed by atoms with van der Waals surface area (Å²) in [6, 6.07) is 9.40. The van der Waals surface area contributed by atoms with Crippen LogP contribution in [0.4, 0.5) is 0 Å². The number of hydrogen-bond donors (Lipinski definition) is 0. The van der Waals surface area contributed by atoms with Crippen LogP contribution in [0, 0.1) is 23.7 Å². The normalized spacial score (nSPS) is 11.1. The smallest absolute Gasteiger partial charge is 0.320 e. The van der Waals surface area contributed by atoms with Gasteiger partial charge in [0.25, 0.3) is 0 Å². The van der Waals surface area contributed by atoms with Crippen LogP contribution in [0.2, 0.25) is 0 Å². The fourth-order valence-electron chi connectivity index (χ4n) is 1.43. The molecular formula is C15H15NO2S. The predicted octanol–water partition coefficient (Wildman–Crippen LogP) is 2.75. The molecule has 1 atom stereocenters. The first-order valence-electron chi connectivity index (χ1n) is 5.92. The molecule has 1 rings (SSSR count). The monoisotopic (exact) mass is 273 g/mol. The van der Waals surface area contributed by atoms with E-state index in [1.54, 1.807) is 12.1 Å². The predicted molar refractivity (Wildman–Crippen MR) is 76.3 cm³/mol. The Morgan fingerprint density at radius 1 is 1.47 bits per heavy atom. The van der Waals surface area contributed by atoms with Crippen molar-refractivity contribution in [2.75, 3.05) is 6.61 Å². The summed E-state index contributed by atoms with van der Waals surface area (Å²) in [6.45, 7) is 1.96. The first kappa shape index (κ1) is 15.1. The summed E-state index contributed by atoms with van der Waals surface area (Å²) in [5, 5.41) is 8.50. The molecule has 19 heavy (non-hydrogen) atoms. The molecule has 0 aliphatic heterocycles. The topological polar surface area (TPSA) is 50.1 Å². The fraction of sp³-hybridized carbons (Fsp3) is 0.333. The van der Waals surface area contributed by atoms with Crippen LogP contribution in [-0.2, 0) is 15.3 Å². The quantitative estimate of drug-likeness (QED) is 0.590. The number of carbonyl (C=O) groups excluding carboxylic acids is 1. The number of carbonyl (C=O) groups is 1. The minimum Gasteiger partial charge on any atom is -0.452 e. The van der Waals surface area contributed by atoms with Gasteiger partial charge in [0.2, 0.25) is 0 Å². The number of terminal acetylenes is 1. The van der Waals surface area contributed by atoms with Gasteiger partial charge >= 0.3 is 5.97 Å². The van der Waals surface area contributed by atoms with Gasteiger partial charge in [-0.05, 0) is 24.1 Å². The third kappa shape index (κ3) is 5.07. The van der Waals surface area contributed by atoms with Crippen molar-refractivity contribution in [2.24, 2.45) is 0 Å². The average molecular weight is 273 g/mol. The molecule has 0 N–H and O–H groups in total. The van der Waals surface area contributed by atoms with E-state index < -0.39 is 0 Å². The zero-order chi connectivity index (χ0) is 14.1. The van der Waals surface area contributed by atoms with Gasteiger partial charge in [-0.25, -0.2) is 0 Å². The molecule has 0 saturated heterocycles. The van der Waals surface area contributed by atoms with Crippen molar-refractivity contribution in [3.63, 3.8) is 0 Å². The SMILES string of the molecule is C#CCOC(=O)C(CC)SCc1ccc(C#N)cc1. The molecular weight excluding hydrogens is 258 g/mol. The van der Waals surface area contributed by atoms with Crippen LogP contribution < -0.4 is 0 Å². The van der Waals surface area contributed by atoms with Crippen molar-refractivity contribution in [2.45, 2.75) is 24.3 Å². The summed E-state index contributed by atoms with van der Waals surface area (Å²) in [4.78, 5) is 11.7. The van der Waals surface area contributed by atoms with Crippen LogP contribution in [-0.4, -0.2) is 17.8 Å². The molecule has 0 spiro atoms. The number of esters is 1.